The lowest BCUT2D eigenvalue weighted by Gasteiger charge is -2.29. The van der Waals surface area contributed by atoms with Crippen molar-refractivity contribution in [2.75, 3.05) is 7.11 Å². The Morgan fingerprint density at radius 2 is 1.65 bits per heavy atom. The molecule has 5 nitrogen and oxygen atoms in total. The summed E-state index contributed by atoms with van der Waals surface area (Å²) in [5.41, 5.74) is -0.106. The fourth-order valence-electron chi connectivity index (χ4n) is 1.54. The number of hydrogen-bond donors (Lipinski definition) is 0. The molecule has 1 saturated heterocycles. The molecular weight excluding hydrogens is 280 g/mol. The molecule has 0 N–H and O–H groups in total. The summed E-state index contributed by atoms with van der Waals surface area (Å²) >= 11 is 1.23. The van der Waals surface area contributed by atoms with E-state index in [4.69, 9.17) is 14.2 Å². The van der Waals surface area contributed by atoms with E-state index in [-0.39, 0.29) is 5.57 Å². The van der Waals surface area contributed by atoms with Crippen LogP contribution in [-0.4, -0.2) is 24.8 Å². The van der Waals surface area contributed by atoms with Crippen molar-refractivity contribution in [2.45, 2.75) is 24.5 Å². The summed E-state index contributed by atoms with van der Waals surface area (Å²) in [6, 6.07) is 7.23. The van der Waals surface area contributed by atoms with Gasteiger partial charge >= 0.3 is 11.9 Å². The molecule has 0 unspecified atom stereocenters. The number of carbonyl (C=O) groups is 2. The van der Waals surface area contributed by atoms with E-state index in [1.807, 2.05) is 12.1 Å². The zero-order chi connectivity index (χ0) is 14.8. The quantitative estimate of drug-likeness (QED) is 0.369. The van der Waals surface area contributed by atoms with Gasteiger partial charge in [0.2, 0.25) is 0 Å². The maximum absolute atomic E-state index is 11.7. The highest BCUT2D eigenvalue weighted by Crippen LogP contribution is 2.28. The summed E-state index contributed by atoms with van der Waals surface area (Å²) < 4.78 is 15.0. The minimum absolute atomic E-state index is 0.106. The maximum Gasteiger partial charge on any atom is 0.349 e. The minimum Gasteiger partial charge on any atom is -0.497 e. The average molecular weight is 294 g/mol. The molecule has 6 heteroatoms. The lowest BCUT2D eigenvalue weighted by molar-refractivity contribution is -0.222. The van der Waals surface area contributed by atoms with Crippen LogP contribution in [0.2, 0.25) is 0 Å². The molecule has 0 atom stereocenters. The van der Waals surface area contributed by atoms with Crippen LogP contribution < -0.4 is 4.74 Å². The Morgan fingerprint density at radius 3 is 2.15 bits per heavy atom. The molecule has 0 saturated carbocycles. The Bertz CT molecular complexity index is 537. The highest BCUT2D eigenvalue weighted by atomic mass is 32.2. The van der Waals surface area contributed by atoms with Crippen LogP contribution in [0.5, 0.6) is 5.75 Å². The zero-order valence-electron chi connectivity index (χ0n) is 11.3. The van der Waals surface area contributed by atoms with Gasteiger partial charge in [0.05, 0.1) is 7.11 Å². The molecule has 1 aromatic carbocycles. The summed E-state index contributed by atoms with van der Waals surface area (Å²) in [5.74, 6) is -1.82. The van der Waals surface area contributed by atoms with E-state index < -0.39 is 17.7 Å². The number of rotatable bonds is 3. The maximum atomic E-state index is 11.7. The van der Waals surface area contributed by atoms with Crippen molar-refractivity contribution in [1.82, 2.24) is 0 Å². The van der Waals surface area contributed by atoms with Crippen molar-refractivity contribution in [3.63, 3.8) is 0 Å². The summed E-state index contributed by atoms with van der Waals surface area (Å²) in [6.07, 6.45) is 0. The molecule has 1 fully saturated rings. The number of benzene rings is 1. The van der Waals surface area contributed by atoms with Gasteiger partial charge in [0.25, 0.3) is 5.79 Å². The molecule has 0 aliphatic carbocycles. The normalized spacial score (nSPS) is 17.2. The second-order valence-electron chi connectivity index (χ2n) is 4.50. The first-order valence-corrected chi connectivity index (χ1v) is 6.77. The third-order valence-corrected chi connectivity index (χ3v) is 3.39. The first-order chi connectivity index (χ1) is 9.41. The van der Waals surface area contributed by atoms with Crippen LogP contribution in [0.4, 0.5) is 0 Å². The molecule has 0 aromatic heterocycles. The van der Waals surface area contributed by atoms with Crippen LogP contribution in [0, 0.1) is 0 Å². The largest absolute Gasteiger partial charge is 0.497 e. The van der Waals surface area contributed by atoms with Crippen molar-refractivity contribution in [3.05, 3.63) is 35.2 Å². The third-order valence-electron chi connectivity index (χ3n) is 2.49. The van der Waals surface area contributed by atoms with Gasteiger partial charge in [0.1, 0.15) is 5.75 Å². The molecule has 1 heterocycles. The van der Waals surface area contributed by atoms with Gasteiger partial charge in [-0.25, -0.2) is 9.59 Å². The Balaban J connectivity index is 2.10. The van der Waals surface area contributed by atoms with Crippen LogP contribution in [0.15, 0.2) is 40.1 Å². The van der Waals surface area contributed by atoms with Crippen molar-refractivity contribution < 1.29 is 23.8 Å². The lowest BCUT2D eigenvalue weighted by Crippen LogP contribution is -2.41. The van der Waals surface area contributed by atoms with Gasteiger partial charge < -0.3 is 14.2 Å². The topological polar surface area (TPSA) is 61.8 Å². The zero-order valence-corrected chi connectivity index (χ0v) is 12.2. The van der Waals surface area contributed by atoms with Crippen molar-refractivity contribution in [2.24, 2.45) is 0 Å². The number of hydrogen-bond acceptors (Lipinski definition) is 6. The molecule has 0 amide bonds. The fraction of sp³-hybridized carbons (Fsp3) is 0.286. The van der Waals surface area contributed by atoms with Gasteiger partial charge in [-0.3, -0.25) is 0 Å². The molecule has 1 aliphatic heterocycles. The Hall–Kier alpha value is -1.95. The van der Waals surface area contributed by atoms with Gasteiger partial charge in [-0.15, -0.1) is 0 Å². The minimum atomic E-state index is -1.21. The van der Waals surface area contributed by atoms with Crippen LogP contribution in [0.1, 0.15) is 13.8 Å². The number of methoxy groups -OCH3 is 1. The van der Waals surface area contributed by atoms with Gasteiger partial charge in [-0.2, -0.15) is 0 Å². The number of ether oxygens (including phenoxy) is 3. The molecule has 0 spiro atoms. The van der Waals surface area contributed by atoms with E-state index >= 15 is 0 Å². The van der Waals surface area contributed by atoms with E-state index in [0.29, 0.717) is 0 Å². The van der Waals surface area contributed by atoms with Gasteiger partial charge in [0.15, 0.2) is 5.57 Å². The summed E-state index contributed by atoms with van der Waals surface area (Å²) in [5, 5.41) is 1.43. The summed E-state index contributed by atoms with van der Waals surface area (Å²) in [4.78, 5) is 24.3. The molecular formula is C14H14O5S. The smallest absolute Gasteiger partial charge is 0.349 e. The molecule has 0 radical (unpaired) electrons. The van der Waals surface area contributed by atoms with Crippen LogP contribution in [-0.2, 0) is 19.1 Å². The fourth-order valence-corrected chi connectivity index (χ4v) is 2.28. The third kappa shape index (κ3) is 3.33. The van der Waals surface area contributed by atoms with E-state index in [9.17, 15) is 9.59 Å². The first-order valence-electron chi connectivity index (χ1n) is 5.89. The Labute approximate surface area is 120 Å². The molecule has 106 valence electrons. The SMILES string of the molecule is COc1ccc(SC=C2C(=O)OC(C)(C)OC2=O)cc1. The second-order valence-corrected chi connectivity index (χ2v) is 5.45. The highest BCUT2D eigenvalue weighted by molar-refractivity contribution is 8.02. The van der Waals surface area contributed by atoms with E-state index in [1.165, 1.54) is 31.0 Å². The Kier molecular flexibility index (Phi) is 4.04. The van der Waals surface area contributed by atoms with E-state index in [1.54, 1.807) is 19.2 Å². The summed E-state index contributed by atoms with van der Waals surface area (Å²) in [7, 11) is 1.58. The molecule has 1 aliphatic rings. The van der Waals surface area contributed by atoms with Crippen LogP contribution in [0.3, 0.4) is 0 Å². The van der Waals surface area contributed by atoms with Gasteiger partial charge in [-0.05, 0) is 29.7 Å². The van der Waals surface area contributed by atoms with Crippen LogP contribution >= 0.6 is 11.8 Å². The predicted octanol–water partition coefficient (Wildman–Crippen LogP) is 2.51. The van der Waals surface area contributed by atoms with Gasteiger partial charge in [0, 0.05) is 18.7 Å². The standard InChI is InChI=1S/C14H14O5S/c1-14(2)18-12(15)11(13(16)19-14)8-20-10-6-4-9(17-3)5-7-10/h4-8H,1-3H3. The number of thioether (sulfide) groups is 1. The van der Waals surface area contributed by atoms with Gasteiger partial charge in [-0.1, -0.05) is 11.8 Å². The van der Waals surface area contributed by atoms with Crippen molar-refractivity contribution >= 4 is 23.7 Å². The van der Waals surface area contributed by atoms with Crippen molar-refractivity contribution in [1.29, 1.82) is 0 Å². The molecule has 2 rings (SSSR count). The summed E-state index contributed by atoms with van der Waals surface area (Å²) in [6.45, 7) is 3.02. The van der Waals surface area contributed by atoms with Crippen molar-refractivity contribution in [3.8, 4) is 5.75 Å². The first kappa shape index (κ1) is 14.5. The molecule has 0 bridgehead atoms. The number of carbonyl (C=O) groups excluding carboxylic acids is 2. The van der Waals surface area contributed by atoms with E-state index in [0.717, 1.165) is 10.6 Å². The van der Waals surface area contributed by atoms with E-state index in [2.05, 4.69) is 0 Å². The number of esters is 2. The highest BCUT2D eigenvalue weighted by Gasteiger charge is 2.38. The molecule has 1 aromatic rings. The average Bonchev–Trinajstić information content (AvgIpc) is 2.37. The lowest BCUT2D eigenvalue weighted by atomic mass is 10.2. The predicted molar refractivity (Wildman–Crippen MR) is 73.2 cm³/mol. The monoisotopic (exact) mass is 294 g/mol. The number of cyclic esters (lactones) is 2. The Morgan fingerprint density at radius 1 is 1.10 bits per heavy atom. The second kappa shape index (κ2) is 5.58. The molecule has 20 heavy (non-hydrogen) atoms. The van der Waals surface area contributed by atoms with Crippen LogP contribution in [0.25, 0.3) is 0 Å².